The van der Waals surface area contributed by atoms with Crippen LogP contribution in [-0.2, 0) is 0 Å². The van der Waals surface area contributed by atoms with E-state index in [2.05, 4.69) is 68.5 Å². The van der Waals surface area contributed by atoms with E-state index in [9.17, 15) is 0 Å². The molecular formula is C15H18. The van der Waals surface area contributed by atoms with Crippen molar-refractivity contribution < 1.29 is 0 Å². The molecule has 0 aliphatic carbocycles. The maximum absolute atomic E-state index is 2.13. The van der Waals surface area contributed by atoms with Crippen molar-refractivity contribution in [1.82, 2.24) is 0 Å². The lowest BCUT2D eigenvalue weighted by molar-refractivity contribution is 1.44. The zero-order valence-electron chi connectivity index (χ0n) is 9.70. The standard InChI is InChI=1S/C15H18/c1-4-13(2)9-5-7-11-15-12-8-6-10-14(15)3/h4-12H,1-3H3/b9-5-,11-7+,13-4-. The first-order chi connectivity index (χ1) is 7.24. The number of benzene rings is 1. The highest BCUT2D eigenvalue weighted by Gasteiger charge is 1.88. The quantitative estimate of drug-likeness (QED) is 0.626. The summed E-state index contributed by atoms with van der Waals surface area (Å²) in [7, 11) is 0. The molecule has 0 atom stereocenters. The van der Waals surface area contributed by atoms with Gasteiger partial charge < -0.3 is 0 Å². The summed E-state index contributed by atoms with van der Waals surface area (Å²) < 4.78 is 0. The van der Waals surface area contributed by atoms with Crippen molar-refractivity contribution in [2.75, 3.05) is 0 Å². The molecule has 0 saturated heterocycles. The molecule has 0 saturated carbocycles. The van der Waals surface area contributed by atoms with Crippen LogP contribution in [0.3, 0.4) is 0 Å². The third-order valence-corrected chi connectivity index (χ3v) is 2.39. The van der Waals surface area contributed by atoms with Crippen LogP contribution in [0.1, 0.15) is 25.0 Å². The Labute approximate surface area is 92.6 Å². The van der Waals surface area contributed by atoms with Gasteiger partial charge in [0.05, 0.1) is 0 Å². The second-order valence-electron chi connectivity index (χ2n) is 3.61. The highest BCUT2D eigenvalue weighted by Crippen LogP contribution is 2.08. The highest BCUT2D eigenvalue weighted by molar-refractivity contribution is 5.54. The Hall–Kier alpha value is -1.56. The summed E-state index contributed by atoms with van der Waals surface area (Å²) in [5.74, 6) is 0. The Morgan fingerprint density at radius 1 is 1.13 bits per heavy atom. The summed E-state index contributed by atoms with van der Waals surface area (Å²) in [5.41, 5.74) is 3.87. The first-order valence-corrected chi connectivity index (χ1v) is 5.27. The Balaban J connectivity index is 2.67. The predicted molar refractivity (Wildman–Crippen MR) is 68.8 cm³/mol. The largest absolute Gasteiger partial charge is 0.0847 e. The van der Waals surface area contributed by atoms with E-state index in [-0.39, 0.29) is 0 Å². The van der Waals surface area contributed by atoms with Crippen molar-refractivity contribution in [1.29, 1.82) is 0 Å². The van der Waals surface area contributed by atoms with Gasteiger partial charge in [-0.15, -0.1) is 0 Å². The minimum absolute atomic E-state index is 1.28. The smallest absolute Gasteiger partial charge is 0.0227 e. The van der Waals surface area contributed by atoms with Crippen LogP contribution in [-0.4, -0.2) is 0 Å². The summed E-state index contributed by atoms with van der Waals surface area (Å²) in [6.45, 7) is 6.27. The summed E-state index contributed by atoms with van der Waals surface area (Å²) >= 11 is 0. The van der Waals surface area contributed by atoms with Crippen molar-refractivity contribution in [2.45, 2.75) is 20.8 Å². The monoisotopic (exact) mass is 198 g/mol. The highest BCUT2D eigenvalue weighted by atomic mass is 13.9. The van der Waals surface area contributed by atoms with Gasteiger partial charge in [-0.2, -0.15) is 0 Å². The second-order valence-corrected chi connectivity index (χ2v) is 3.61. The molecule has 0 heterocycles. The minimum Gasteiger partial charge on any atom is -0.0847 e. The van der Waals surface area contributed by atoms with Crippen molar-refractivity contribution >= 4 is 6.08 Å². The fraction of sp³-hybridized carbons (Fsp3) is 0.200. The Morgan fingerprint density at radius 3 is 2.53 bits per heavy atom. The van der Waals surface area contributed by atoms with E-state index in [1.807, 2.05) is 6.92 Å². The number of hydrogen-bond donors (Lipinski definition) is 0. The van der Waals surface area contributed by atoms with Crippen LogP contribution >= 0.6 is 0 Å². The molecule has 0 aliphatic rings. The molecule has 78 valence electrons. The van der Waals surface area contributed by atoms with Crippen molar-refractivity contribution in [2.24, 2.45) is 0 Å². The minimum atomic E-state index is 1.28. The molecule has 1 rings (SSSR count). The van der Waals surface area contributed by atoms with Gasteiger partial charge in [-0.05, 0) is 31.9 Å². The van der Waals surface area contributed by atoms with E-state index in [0.29, 0.717) is 0 Å². The molecule has 0 nitrogen and oxygen atoms in total. The van der Waals surface area contributed by atoms with Gasteiger partial charge in [0, 0.05) is 0 Å². The van der Waals surface area contributed by atoms with Crippen LogP contribution in [0.15, 0.2) is 54.1 Å². The normalized spacial score (nSPS) is 12.9. The molecule has 0 fully saturated rings. The third-order valence-electron chi connectivity index (χ3n) is 2.39. The van der Waals surface area contributed by atoms with E-state index in [1.165, 1.54) is 16.7 Å². The average molecular weight is 198 g/mol. The lowest BCUT2D eigenvalue weighted by Crippen LogP contribution is -1.76. The van der Waals surface area contributed by atoms with E-state index in [4.69, 9.17) is 0 Å². The predicted octanol–water partition coefficient (Wildman–Crippen LogP) is 4.53. The number of rotatable bonds is 3. The molecule has 0 aliphatic heterocycles. The lowest BCUT2D eigenvalue weighted by atomic mass is 10.1. The van der Waals surface area contributed by atoms with Crippen LogP contribution in [0.2, 0.25) is 0 Å². The van der Waals surface area contributed by atoms with Crippen molar-refractivity contribution in [3.8, 4) is 0 Å². The molecule has 0 amide bonds. The van der Waals surface area contributed by atoms with E-state index in [1.54, 1.807) is 0 Å². The molecule has 0 spiro atoms. The van der Waals surface area contributed by atoms with Crippen LogP contribution < -0.4 is 0 Å². The SMILES string of the molecule is C\C=C(C)/C=C\C=C\c1ccccc1C. The summed E-state index contributed by atoms with van der Waals surface area (Å²) in [4.78, 5) is 0. The van der Waals surface area contributed by atoms with Gasteiger partial charge >= 0.3 is 0 Å². The van der Waals surface area contributed by atoms with Crippen LogP contribution in [0, 0.1) is 6.92 Å². The Bertz CT molecular complexity index is 392. The summed E-state index contributed by atoms with van der Waals surface area (Å²) in [5, 5.41) is 0. The molecule has 0 aromatic heterocycles. The lowest BCUT2D eigenvalue weighted by Gasteiger charge is -1.96. The number of allylic oxidation sites excluding steroid dienone is 5. The molecule has 0 heteroatoms. The van der Waals surface area contributed by atoms with Gasteiger partial charge in [-0.3, -0.25) is 0 Å². The first-order valence-electron chi connectivity index (χ1n) is 5.27. The number of aryl methyl sites for hydroxylation is 1. The topological polar surface area (TPSA) is 0 Å². The van der Waals surface area contributed by atoms with Crippen molar-refractivity contribution in [3.63, 3.8) is 0 Å². The fourth-order valence-electron chi connectivity index (χ4n) is 1.24. The van der Waals surface area contributed by atoms with Crippen molar-refractivity contribution in [3.05, 3.63) is 65.3 Å². The van der Waals surface area contributed by atoms with Gasteiger partial charge in [0.1, 0.15) is 0 Å². The zero-order chi connectivity index (χ0) is 11.1. The van der Waals surface area contributed by atoms with E-state index < -0.39 is 0 Å². The molecule has 0 bridgehead atoms. The van der Waals surface area contributed by atoms with E-state index in [0.717, 1.165) is 0 Å². The zero-order valence-corrected chi connectivity index (χ0v) is 9.70. The molecule has 0 radical (unpaired) electrons. The van der Waals surface area contributed by atoms with Crippen LogP contribution in [0.25, 0.3) is 6.08 Å². The molecule has 1 aromatic rings. The van der Waals surface area contributed by atoms with Gasteiger partial charge in [0.25, 0.3) is 0 Å². The molecule has 0 N–H and O–H groups in total. The summed E-state index contributed by atoms with van der Waals surface area (Å²) in [6, 6.07) is 8.38. The average Bonchev–Trinajstić information content (AvgIpc) is 2.26. The van der Waals surface area contributed by atoms with Gasteiger partial charge in [-0.25, -0.2) is 0 Å². The van der Waals surface area contributed by atoms with Gasteiger partial charge in [0.2, 0.25) is 0 Å². The van der Waals surface area contributed by atoms with Gasteiger partial charge in [0.15, 0.2) is 0 Å². The first kappa shape index (κ1) is 11.5. The number of hydrogen-bond acceptors (Lipinski definition) is 0. The van der Waals surface area contributed by atoms with Crippen LogP contribution in [0.5, 0.6) is 0 Å². The Kier molecular flexibility index (Phi) is 4.62. The molecule has 0 unspecified atom stereocenters. The molecule has 15 heavy (non-hydrogen) atoms. The maximum atomic E-state index is 2.13. The summed E-state index contributed by atoms with van der Waals surface area (Å²) in [6.07, 6.45) is 10.5. The second kappa shape index (κ2) is 6.02. The third kappa shape index (κ3) is 3.99. The van der Waals surface area contributed by atoms with E-state index >= 15 is 0 Å². The molecular weight excluding hydrogens is 180 g/mol. The molecule has 1 aromatic carbocycles. The maximum Gasteiger partial charge on any atom is -0.0227 e. The van der Waals surface area contributed by atoms with Gasteiger partial charge in [-0.1, -0.05) is 60.2 Å². The Morgan fingerprint density at radius 2 is 1.87 bits per heavy atom. The fourth-order valence-corrected chi connectivity index (χ4v) is 1.24. The van der Waals surface area contributed by atoms with Crippen LogP contribution in [0.4, 0.5) is 0 Å².